The summed E-state index contributed by atoms with van der Waals surface area (Å²) < 4.78 is 0. The second-order valence-corrected chi connectivity index (χ2v) is 14.2. The number of benzene rings is 1. The van der Waals surface area contributed by atoms with E-state index in [-0.39, 0.29) is 5.41 Å². The lowest BCUT2D eigenvalue weighted by atomic mass is 9.69. The Balaban J connectivity index is 1.06. The molecular weight excluding hydrogens is 466 g/mol. The molecule has 3 aliphatic heterocycles. The highest BCUT2D eigenvalue weighted by molar-refractivity contribution is 6.00. The van der Waals surface area contributed by atoms with E-state index in [1.165, 1.54) is 88.7 Å². The summed E-state index contributed by atoms with van der Waals surface area (Å²) in [6, 6.07) is 6.94. The van der Waals surface area contributed by atoms with Crippen LogP contribution in [0.25, 0.3) is 0 Å². The normalized spacial score (nSPS) is 31.6. The number of carbonyl (C=O) groups is 1. The number of hydrogen-bond donors (Lipinski definition) is 0. The first-order valence-corrected chi connectivity index (χ1v) is 16.3. The molecule has 6 rings (SSSR count). The summed E-state index contributed by atoms with van der Waals surface area (Å²) in [5.74, 6) is 4.78. The van der Waals surface area contributed by atoms with Crippen LogP contribution >= 0.6 is 0 Å². The maximum absolute atomic E-state index is 13.8. The lowest BCUT2D eigenvalue weighted by Crippen LogP contribution is -2.45. The first kappa shape index (κ1) is 26.7. The number of rotatable bonds is 6. The SMILES string of the molecule is Cc1cc(N2CCC(C(C)C3CCCCC3C)C2)ccc1N1CCC2(CCN(CC3CCCC3)CC2)C1=O. The van der Waals surface area contributed by atoms with Crippen molar-refractivity contribution in [3.05, 3.63) is 23.8 Å². The number of amides is 1. The van der Waals surface area contributed by atoms with Crippen molar-refractivity contribution < 1.29 is 4.79 Å². The molecule has 0 bridgehead atoms. The van der Waals surface area contributed by atoms with Gasteiger partial charge in [0.05, 0.1) is 5.41 Å². The second kappa shape index (κ2) is 11.1. The van der Waals surface area contributed by atoms with Gasteiger partial charge in [-0.25, -0.2) is 0 Å². The van der Waals surface area contributed by atoms with Gasteiger partial charge < -0.3 is 14.7 Å². The van der Waals surface area contributed by atoms with Crippen LogP contribution in [0, 0.1) is 41.9 Å². The van der Waals surface area contributed by atoms with Gasteiger partial charge in [0.15, 0.2) is 0 Å². The van der Waals surface area contributed by atoms with Crippen LogP contribution in [0.1, 0.15) is 96.5 Å². The monoisotopic (exact) mass is 519 g/mol. The molecule has 2 saturated carbocycles. The Labute approximate surface area is 232 Å². The summed E-state index contributed by atoms with van der Waals surface area (Å²) in [6.45, 7) is 14.0. The first-order valence-electron chi connectivity index (χ1n) is 16.3. The zero-order chi connectivity index (χ0) is 26.3. The van der Waals surface area contributed by atoms with Crippen LogP contribution in [0.15, 0.2) is 18.2 Å². The lowest BCUT2D eigenvalue weighted by molar-refractivity contribution is -0.128. The fraction of sp³-hybridized carbons (Fsp3) is 0.794. The molecule has 1 aromatic rings. The van der Waals surface area contributed by atoms with Crippen LogP contribution in [0.2, 0.25) is 0 Å². The summed E-state index contributed by atoms with van der Waals surface area (Å²) in [5, 5.41) is 0. The summed E-state index contributed by atoms with van der Waals surface area (Å²) >= 11 is 0. The molecule has 2 aliphatic carbocycles. The van der Waals surface area contributed by atoms with Gasteiger partial charge in [0, 0.05) is 37.6 Å². The molecule has 0 N–H and O–H groups in total. The van der Waals surface area contributed by atoms with Crippen molar-refractivity contribution in [2.75, 3.05) is 49.1 Å². The maximum atomic E-state index is 13.8. The fourth-order valence-corrected chi connectivity index (χ4v) is 9.30. The third-order valence-electron chi connectivity index (χ3n) is 12.0. The van der Waals surface area contributed by atoms with E-state index in [1.54, 1.807) is 0 Å². The van der Waals surface area contributed by atoms with Crippen LogP contribution in [0.4, 0.5) is 11.4 Å². The predicted octanol–water partition coefficient (Wildman–Crippen LogP) is 7.29. The molecule has 4 heteroatoms. The van der Waals surface area contributed by atoms with Gasteiger partial charge in [-0.3, -0.25) is 4.79 Å². The molecule has 210 valence electrons. The zero-order valence-electron chi connectivity index (χ0n) is 24.6. The summed E-state index contributed by atoms with van der Waals surface area (Å²) in [5.41, 5.74) is 3.68. The van der Waals surface area contributed by atoms with Crippen molar-refractivity contribution in [3.63, 3.8) is 0 Å². The number of carbonyl (C=O) groups excluding carboxylic acids is 1. The third-order valence-corrected chi connectivity index (χ3v) is 12.0. The molecule has 0 aromatic heterocycles. The number of anilines is 2. The maximum Gasteiger partial charge on any atom is 0.233 e. The molecule has 38 heavy (non-hydrogen) atoms. The van der Waals surface area contributed by atoms with E-state index in [0.29, 0.717) is 5.91 Å². The summed E-state index contributed by atoms with van der Waals surface area (Å²) in [6.07, 6.45) is 15.9. The Bertz CT molecular complexity index is 976. The average Bonchev–Trinajstić information content (AvgIpc) is 3.68. The topological polar surface area (TPSA) is 26.8 Å². The second-order valence-electron chi connectivity index (χ2n) is 14.2. The number of nitrogens with zero attached hydrogens (tertiary/aromatic N) is 3. The van der Waals surface area contributed by atoms with Crippen molar-refractivity contribution >= 4 is 17.3 Å². The Kier molecular flexibility index (Phi) is 7.82. The molecule has 3 saturated heterocycles. The average molecular weight is 520 g/mol. The molecule has 1 spiro atoms. The van der Waals surface area contributed by atoms with Crippen molar-refractivity contribution in [2.45, 2.75) is 97.8 Å². The van der Waals surface area contributed by atoms with E-state index in [2.05, 4.69) is 53.7 Å². The summed E-state index contributed by atoms with van der Waals surface area (Å²) in [4.78, 5) is 21.2. The van der Waals surface area contributed by atoms with Crippen molar-refractivity contribution in [2.24, 2.45) is 35.0 Å². The fourth-order valence-electron chi connectivity index (χ4n) is 9.30. The Hall–Kier alpha value is -1.55. The van der Waals surface area contributed by atoms with E-state index in [0.717, 1.165) is 74.2 Å². The minimum atomic E-state index is -0.105. The molecule has 1 aromatic carbocycles. The van der Waals surface area contributed by atoms with Crippen molar-refractivity contribution in [3.8, 4) is 0 Å². The minimum Gasteiger partial charge on any atom is -0.371 e. The lowest BCUT2D eigenvalue weighted by Gasteiger charge is -2.39. The zero-order valence-corrected chi connectivity index (χ0v) is 24.6. The molecule has 5 fully saturated rings. The van der Waals surface area contributed by atoms with Gasteiger partial charge in [0.1, 0.15) is 0 Å². The van der Waals surface area contributed by atoms with E-state index < -0.39 is 0 Å². The van der Waals surface area contributed by atoms with Gasteiger partial charge in [0.2, 0.25) is 5.91 Å². The van der Waals surface area contributed by atoms with Gasteiger partial charge in [-0.15, -0.1) is 0 Å². The highest BCUT2D eigenvalue weighted by atomic mass is 16.2. The standard InChI is InChI=1S/C34H53N3O/c1-25-8-4-7-11-31(25)27(3)29-14-18-36(24-29)30-12-13-32(26(2)22-30)37-21-17-34(33(37)38)15-19-35(20-16-34)23-28-9-5-6-10-28/h12-13,22,25,27-29,31H,4-11,14-21,23-24H2,1-3H3. The molecule has 4 atom stereocenters. The molecule has 0 radical (unpaired) electrons. The predicted molar refractivity (Wildman–Crippen MR) is 159 cm³/mol. The number of hydrogen-bond acceptors (Lipinski definition) is 3. The Morgan fingerprint density at radius 2 is 1.63 bits per heavy atom. The largest absolute Gasteiger partial charge is 0.371 e. The molecular formula is C34H53N3O. The Morgan fingerprint density at radius 1 is 0.921 bits per heavy atom. The van der Waals surface area contributed by atoms with Crippen LogP contribution in [0.5, 0.6) is 0 Å². The minimum absolute atomic E-state index is 0.105. The third kappa shape index (κ3) is 5.16. The molecule has 4 unspecified atom stereocenters. The van der Waals surface area contributed by atoms with E-state index in [4.69, 9.17) is 0 Å². The molecule has 4 nitrogen and oxygen atoms in total. The highest BCUT2D eigenvalue weighted by Crippen LogP contribution is 2.45. The van der Waals surface area contributed by atoms with Crippen LogP contribution in [-0.4, -0.2) is 50.1 Å². The van der Waals surface area contributed by atoms with Crippen molar-refractivity contribution in [1.29, 1.82) is 0 Å². The van der Waals surface area contributed by atoms with Crippen molar-refractivity contribution in [1.82, 2.24) is 4.90 Å². The number of likely N-dealkylation sites (tertiary alicyclic amines) is 1. The van der Waals surface area contributed by atoms with Crippen LogP contribution in [-0.2, 0) is 4.79 Å². The van der Waals surface area contributed by atoms with Gasteiger partial charge in [-0.2, -0.15) is 0 Å². The summed E-state index contributed by atoms with van der Waals surface area (Å²) in [7, 11) is 0. The van der Waals surface area contributed by atoms with E-state index in [1.807, 2.05) is 0 Å². The number of piperidine rings is 1. The Morgan fingerprint density at radius 3 is 2.37 bits per heavy atom. The highest BCUT2D eigenvalue weighted by Gasteiger charge is 2.49. The van der Waals surface area contributed by atoms with Gasteiger partial charge >= 0.3 is 0 Å². The smallest absolute Gasteiger partial charge is 0.233 e. The van der Waals surface area contributed by atoms with Crippen LogP contribution < -0.4 is 9.80 Å². The quantitative estimate of drug-likeness (QED) is 0.395. The first-order chi connectivity index (χ1) is 18.4. The van der Waals surface area contributed by atoms with E-state index >= 15 is 0 Å². The molecule has 5 aliphatic rings. The molecule has 3 heterocycles. The number of aryl methyl sites for hydroxylation is 1. The molecule has 1 amide bonds. The van der Waals surface area contributed by atoms with Gasteiger partial charge in [0.25, 0.3) is 0 Å². The van der Waals surface area contributed by atoms with E-state index in [9.17, 15) is 4.79 Å². The van der Waals surface area contributed by atoms with Crippen LogP contribution in [0.3, 0.4) is 0 Å². The van der Waals surface area contributed by atoms with Gasteiger partial charge in [-0.1, -0.05) is 46.0 Å². The van der Waals surface area contributed by atoms with Gasteiger partial charge in [-0.05, 0) is 118 Å².